The third-order valence-electron chi connectivity index (χ3n) is 1.30. The van der Waals surface area contributed by atoms with Gasteiger partial charge in [0.05, 0.1) is 21.5 Å². The molecule has 13 heavy (non-hydrogen) atoms. The normalized spacial score (nSPS) is 10.6. The van der Waals surface area contributed by atoms with Crippen LogP contribution < -0.4 is 0 Å². The number of allylic oxidation sites excluding steroid dienone is 1. The molecule has 2 nitrogen and oxygen atoms in total. The summed E-state index contributed by atoms with van der Waals surface area (Å²) in [4.78, 5) is 12.1. The van der Waals surface area contributed by atoms with Crippen molar-refractivity contribution in [1.82, 2.24) is 0 Å². The lowest BCUT2D eigenvalue weighted by molar-refractivity contribution is 0.104. The van der Waals surface area contributed by atoms with E-state index in [1.54, 1.807) is 6.07 Å². The number of hydrogen-bond donors (Lipinski definition) is 0. The molecule has 0 amide bonds. The molecule has 1 aromatic rings. The average Bonchev–Trinajstić information content (AvgIpc) is 2.52. The highest BCUT2D eigenvalue weighted by molar-refractivity contribution is 9.11. The van der Waals surface area contributed by atoms with E-state index in [-0.39, 0.29) is 5.78 Å². The van der Waals surface area contributed by atoms with Crippen molar-refractivity contribution < 1.29 is 9.53 Å². The molecule has 0 N–H and O–H groups in total. The van der Waals surface area contributed by atoms with E-state index in [9.17, 15) is 4.79 Å². The zero-order chi connectivity index (χ0) is 9.68. The number of ketones is 1. The number of ether oxygens (including phenoxy) is 1. The zero-order valence-electron chi connectivity index (χ0n) is 7.12. The second-order valence-corrected chi connectivity index (χ2v) is 4.69. The molecule has 0 aromatic carbocycles. The molecule has 0 saturated heterocycles. The van der Waals surface area contributed by atoms with Crippen LogP contribution in [0.2, 0.25) is 0 Å². The first-order chi connectivity index (χ1) is 6.24. The molecule has 0 saturated carbocycles. The van der Waals surface area contributed by atoms with Gasteiger partial charge in [-0.15, -0.1) is 11.3 Å². The third-order valence-corrected chi connectivity index (χ3v) is 2.94. The highest BCUT2D eigenvalue weighted by Crippen LogP contribution is 2.22. The maximum Gasteiger partial charge on any atom is 0.198 e. The van der Waals surface area contributed by atoms with Crippen LogP contribution in [0.25, 0.3) is 0 Å². The lowest BCUT2D eigenvalue weighted by Crippen LogP contribution is -1.89. The minimum Gasteiger partial charge on any atom is -0.501 e. The Hall–Kier alpha value is -0.610. The monoisotopic (exact) mass is 260 g/mol. The van der Waals surface area contributed by atoms with Crippen LogP contribution in [-0.2, 0) is 4.74 Å². The predicted octanol–water partition coefficient (Wildman–Crippen LogP) is 3.24. The van der Waals surface area contributed by atoms with Crippen molar-refractivity contribution in [1.29, 1.82) is 0 Å². The summed E-state index contributed by atoms with van der Waals surface area (Å²) in [6.45, 7) is 2.45. The summed E-state index contributed by atoms with van der Waals surface area (Å²) in [6, 6.07) is 3.64. The van der Waals surface area contributed by atoms with Crippen molar-refractivity contribution in [2.45, 2.75) is 6.92 Å². The van der Waals surface area contributed by atoms with Gasteiger partial charge in [-0.3, -0.25) is 4.79 Å². The van der Waals surface area contributed by atoms with Crippen molar-refractivity contribution in [3.63, 3.8) is 0 Å². The van der Waals surface area contributed by atoms with E-state index < -0.39 is 0 Å². The summed E-state index contributed by atoms with van der Waals surface area (Å²) in [5.74, 6) is -0.0239. The van der Waals surface area contributed by atoms with Gasteiger partial charge in [0.1, 0.15) is 0 Å². The lowest BCUT2D eigenvalue weighted by atomic mass is 10.3. The van der Waals surface area contributed by atoms with E-state index in [1.807, 2.05) is 13.0 Å². The zero-order valence-corrected chi connectivity index (χ0v) is 9.52. The fourth-order valence-corrected chi connectivity index (χ4v) is 2.04. The van der Waals surface area contributed by atoms with Gasteiger partial charge in [-0.2, -0.15) is 0 Å². The van der Waals surface area contributed by atoms with Crippen molar-refractivity contribution in [2.75, 3.05) is 6.61 Å². The van der Waals surface area contributed by atoms with E-state index in [4.69, 9.17) is 4.74 Å². The number of rotatable bonds is 4. The number of carbonyl (C=O) groups excluding carboxylic acids is 1. The summed E-state index contributed by atoms with van der Waals surface area (Å²) in [5, 5.41) is 0. The van der Waals surface area contributed by atoms with E-state index in [0.29, 0.717) is 11.5 Å². The smallest absolute Gasteiger partial charge is 0.198 e. The molecule has 0 unspecified atom stereocenters. The minimum absolute atomic E-state index is 0.0239. The van der Waals surface area contributed by atoms with E-state index >= 15 is 0 Å². The van der Waals surface area contributed by atoms with Gasteiger partial charge in [0.25, 0.3) is 0 Å². The molecule has 0 atom stereocenters. The fourth-order valence-electron chi connectivity index (χ4n) is 0.735. The molecule has 4 heteroatoms. The van der Waals surface area contributed by atoms with Crippen molar-refractivity contribution in [3.05, 3.63) is 33.1 Å². The van der Waals surface area contributed by atoms with Gasteiger partial charge in [0, 0.05) is 6.08 Å². The molecule has 0 aliphatic rings. The third kappa shape index (κ3) is 3.32. The molecule has 0 aliphatic heterocycles. The molecule has 0 radical (unpaired) electrons. The second-order valence-electron chi connectivity index (χ2n) is 2.23. The SMILES string of the molecule is CCO/C=C/C(=O)c1ccc(Br)s1. The summed E-state index contributed by atoms with van der Waals surface area (Å²) in [6.07, 6.45) is 2.86. The standard InChI is InChI=1S/C9H9BrO2S/c1-2-12-6-5-7(11)8-3-4-9(10)13-8/h3-6H,2H2,1H3/b6-5+. The van der Waals surface area contributed by atoms with E-state index in [2.05, 4.69) is 15.9 Å². The van der Waals surface area contributed by atoms with Crippen LogP contribution in [0.15, 0.2) is 28.3 Å². The lowest BCUT2D eigenvalue weighted by Gasteiger charge is -1.91. The molecule has 70 valence electrons. The Morgan fingerprint density at radius 2 is 2.46 bits per heavy atom. The van der Waals surface area contributed by atoms with Crippen LogP contribution in [0.5, 0.6) is 0 Å². The first kappa shape index (κ1) is 10.5. The van der Waals surface area contributed by atoms with Crippen molar-refractivity contribution in [2.24, 2.45) is 0 Å². The van der Waals surface area contributed by atoms with Crippen molar-refractivity contribution in [3.8, 4) is 0 Å². The van der Waals surface area contributed by atoms with Gasteiger partial charge in [-0.1, -0.05) is 0 Å². The highest BCUT2D eigenvalue weighted by Gasteiger charge is 2.04. The summed E-state index contributed by atoms with van der Waals surface area (Å²) in [7, 11) is 0. The number of hydrogen-bond acceptors (Lipinski definition) is 3. The molecule has 0 aliphatic carbocycles. The Bertz CT molecular complexity index is 317. The molecule has 0 bridgehead atoms. The molecular weight excluding hydrogens is 252 g/mol. The van der Waals surface area contributed by atoms with Crippen LogP contribution >= 0.6 is 27.3 Å². The minimum atomic E-state index is -0.0239. The predicted molar refractivity (Wildman–Crippen MR) is 57.1 cm³/mol. The van der Waals surface area contributed by atoms with Gasteiger partial charge in [0.15, 0.2) is 5.78 Å². The van der Waals surface area contributed by atoms with Gasteiger partial charge in [0.2, 0.25) is 0 Å². The Morgan fingerprint density at radius 1 is 1.69 bits per heavy atom. The molecular formula is C9H9BrO2S. The van der Waals surface area contributed by atoms with Crippen LogP contribution in [0, 0.1) is 0 Å². The van der Waals surface area contributed by atoms with E-state index in [0.717, 1.165) is 3.79 Å². The van der Waals surface area contributed by atoms with Crippen LogP contribution in [0.1, 0.15) is 16.6 Å². The molecule has 1 rings (SSSR count). The van der Waals surface area contributed by atoms with E-state index in [1.165, 1.54) is 23.7 Å². The first-order valence-corrected chi connectivity index (χ1v) is 5.43. The van der Waals surface area contributed by atoms with Crippen molar-refractivity contribution >= 4 is 33.0 Å². The highest BCUT2D eigenvalue weighted by atomic mass is 79.9. The second kappa shape index (κ2) is 5.19. The van der Waals surface area contributed by atoms with Gasteiger partial charge < -0.3 is 4.74 Å². The number of thiophene rings is 1. The number of halogens is 1. The van der Waals surface area contributed by atoms with Gasteiger partial charge in [-0.05, 0) is 35.0 Å². The maximum atomic E-state index is 11.4. The molecule has 0 fully saturated rings. The molecule has 0 spiro atoms. The quantitative estimate of drug-likeness (QED) is 0.472. The Labute approximate surface area is 89.3 Å². The van der Waals surface area contributed by atoms with Crippen LogP contribution in [-0.4, -0.2) is 12.4 Å². The number of carbonyl (C=O) groups is 1. The molecule has 1 heterocycles. The van der Waals surface area contributed by atoms with Crippen LogP contribution in [0.4, 0.5) is 0 Å². The summed E-state index contributed by atoms with van der Waals surface area (Å²) < 4.78 is 5.88. The largest absolute Gasteiger partial charge is 0.501 e. The first-order valence-electron chi connectivity index (χ1n) is 3.82. The van der Waals surface area contributed by atoms with Crippen LogP contribution in [0.3, 0.4) is 0 Å². The summed E-state index contributed by atoms with van der Waals surface area (Å²) in [5.41, 5.74) is 0. The maximum absolute atomic E-state index is 11.4. The average molecular weight is 261 g/mol. The Kier molecular flexibility index (Phi) is 4.18. The topological polar surface area (TPSA) is 26.3 Å². The fraction of sp³-hybridized carbons (Fsp3) is 0.222. The summed E-state index contributed by atoms with van der Waals surface area (Å²) >= 11 is 4.71. The Balaban J connectivity index is 2.58. The van der Waals surface area contributed by atoms with Gasteiger partial charge in [-0.25, -0.2) is 0 Å². The molecule has 1 aromatic heterocycles. The Morgan fingerprint density at radius 3 is 3.00 bits per heavy atom. The van der Waals surface area contributed by atoms with Gasteiger partial charge >= 0.3 is 0 Å².